The molecule has 1 saturated heterocycles. The van der Waals surface area contributed by atoms with E-state index in [0.29, 0.717) is 15.8 Å². The van der Waals surface area contributed by atoms with Gasteiger partial charge < -0.3 is 15.3 Å². The lowest BCUT2D eigenvalue weighted by Gasteiger charge is -2.11. The van der Waals surface area contributed by atoms with Crippen LogP contribution >= 0.6 is 11.8 Å². The highest BCUT2D eigenvalue weighted by molar-refractivity contribution is 8.18. The molecule has 0 spiro atoms. The third-order valence-corrected chi connectivity index (χ3v) is 4.33. The number of rotatable bonds is 3. The molecule has 3 rings (SSSR count). The van der Waals surface area contributed by atoms with Crippen LogP contribution in [0.25, 0.3) is 6.08 Å². The molecule has 1 amide bonds. The van der Waals surface area contributed by atoms with Crippen LogP contribution < -0.4 is 10.2 Å². The van der Waals surface area contributed by atoms with Gasteiger partial charge in [0.25, 0.3) is 5.91 Å². The van der Waals surface area contributed by atoms with E-state index in [1.54, 1.807) is 24.3 Å². The van der Waals surface area contributed by atoms with Crippen molar-refractivity contribution in [2.24, 2.45) is 4.99 Å². The number of carbonyl (C=O) groups excluding carboxylic acids is 1. The van der Waals surface area contributed by atoms with Gasteiger partial charge in [0.15, 0.2) is 5.17 Å². The minimum absolute atomic E-state index is 0.142. The Hall–Kier alpha value is -2.73. The van der Waals surface area contributed by atoms with E-state index >= 15 is 0 Å². The number of hydrogen-bond acceptors (Lipinski definition) is 5. The maximum atomic E-state index is 12.1. The fourth-order valence-electron chi connectivity index (χ4n) is 2.18. The van der Waals surface area contributed by atoms with Gasteiger partial charge in [0.05, 0.1) is 10.6 Å². The second-order valence-electron chi connectivity index (χ2n) is 5.49. The summed E-state index contributed by atoms with van der Waals surface area (Å²) in [7, 11) is 3.97. The predicted molar refractivity (Wildman–Crippen MR) is 99.7 cm³/mol. The quantitative estimate of drug-likeness (QED) is 0.842. The number of nitrogens with zero attached hydrogens (tertiary/aromatic N) is 2. The zero-order chi connectivity index (χ0) is 17.1. The normalized spacial score (nSPS) is 17.3. The summed E-state index contributed by atoms with van der Waals surface area (Å²) in [4.78, 5) is 19.0. The molecule has 5 nitrogen and oxygen atoms in total. The van der Waals surface area contributed by atoms with Crippen LogP contribution in [0.15, 0.2) is 58.4 Å². The lowest BCUT2D eigenvalue weighted by Crippen LogP contribution is -2.19. The fraction of sp³-hybridized carbons (Fsp3) is 0.111. The molecule has 1 fully saturated rings. The van der Waals surface area contributed by atoms with Crippen LogP contribution in [0.2, 0.25) is 0 Å². The van der Waals surface area contributed by atoms with Crippen molar-refractivity contribution < 1.29 is 9.90 Å². The number of carbonyl (C=O) groups is 1. The van der Waals surface area contributed by atoms with Gasteiger partial charge in [-0.05, 0) is 47.7 Å². The summed E-state index contributed by atoms with van der Waals surface area (Å²) in [6.45, 7) is 0. The minimum Gasteiger partial charge on any atom is -0.508 e. The molecule has 24 heavy (non-hydrogen) atoms. The summed E-state index contributed by atoms with van der Waals surface area (Å²) in [5, 5.41) is 12.7. The zero-order valence-electron chi connectivity index (χ0n) is 13.4. The number of phenolic OH excluding ortho intramolecular Hbond substituents is 1. The zero-order valence-corrected chi connectivity index (χ0v) is 14.2. The number of amides is 1. The summed E-state index contributed by atoms with van der Waals surface area (Å²) in [6.07, 6.45) is 1.84. The van der Waals surface area contributed by atoms with Gasteiger partial charge >= 0.3 is 0 Å². The molecule has 0 aliphatic carbocycles. The molecule has 6 heteroatoms. The molecule has 122 valence electrons. The van der Waals surface area contributed by atoms with E-state index in [0.717, 1.165) is 11.3 Å². The standard InChI is InChI=1S/C18H17N3O2S/c1-21(2)14-8-6-12(7-9-14)10-16-17(23)20-18(24-16)19-13-4-3-5-15(22)11-13/h3-11,22H,1-2H3,(H,19,20,23). The lowest BCUT2D eigenvalue weighted by molar-refractivity contribution is -0.115. The van der Waals surface area contributed by atoms with Crippen molar-refractivity contribution in [1.29, 1.82) is 0 Å². The number of aliphatic imine (C=N–C) groups is 1. The van der Waals surface area contributed by atoms with Crippen molar-refractivity contribution in [2.75, 3.05) is 19.0 Å². The Labute approximate surface area is 144 Å². The Morgan fingerprint density at radius 1 is 1.17 bits per heavy atom. The van der Waals surface area contributed by atoms with Gasteiger partial charge in [0.2, 0.25) is 0 Å². The van der Waals surface area contributed by atoms with E-state index in [1.165, 1.54) is 11.8 Å². The molecule has 2 N–H and O–H groups in total. The Kier molecular flexibility index (Phi) is 4.57. The van der Waals surface area contributed by atoms with Crippen LogP contribution in [0.4, 0.5) is 11.4 Å². The summed E-state index contributed by atoms with van der Waals surface area (Å²) in [5.41, 5.74) is 2.65. The molecule has 1 aliphatic rings. The molecular weight excluding hydrogens is 322 g/mol. The third kappa shape index (κ3) is 3.78. The SMILES string of the molecule is CN(C)c1ccc(C=C2SC(=Nc3cccc(O)c3)NC2=O)cc1. The first kappa shape index (κ1) is 16.1. The number of aromatic hydroxyl groups is 1. The van der Waals surface area contributed by atoms with Gasteiger partial charge in [-0.1, -0.05) is 18.2 Å². The van der Waals surface area contributed by atoms with E-state index in [1.807, 2.05) is 49.3 Å². The van der Waals surface area contributed by atoms with E-state index in [-0.39, 0.29) is 11.7 Å². The van der Waals surface area contributed by atoms with Gasteiger partial charge in [0.1, 0.15) is 5.75 Å². The van der Waals surface area contributed by atoms with Crippen LogP contribution in [-0.2, 0) is 4.79 Å². The molecule has 0 saturated carbocycles. The Bertz CT molecular complexity index is 826. The monoisotopic (exact) mass is 339 g/mol. The van der Waals surface area contributed by atoms with Crippen LogP contribution in [-0.4, -0.2) is 30.3 Å². The molecule has 0 atom stereocenters. The average Bonchev–Trinajstić information content (AvgIpc) is 2.87. The fourth-order valence-corrected chi connectivity index (χ4v) is 3.02. The van der Waals surface area contributed by atoms with Crippen molar-refractivity contribution in [2.45, 2.75) is 0 Å². The molecule has 0 aromatic heterocycles. The Balaban J connectivity index is 1.79. The second-order valence-corrected chi connectivity index (χ2v) is 6.52. The van der Waals surface area contributed by atoms with Crippen LogP contribution in [0.5, 0.6) is 5.75 Å². The molecule has 0 radical (unpaired) electrons. The van der Waals surface area contributed by atoms with Crippen molar-refractivity contribution in [3.63, 3.8) is 0 Å². The van der Waals surface area contributed by atoms with Crippen LogP contribution in [0.3, 0.4) is 0 Å². The number of phenols is 1. The van der Waals surface area contributed by atoms with Gasteiger partial charge in [-0.25, -0.2) is 4.99 Å². The largest absolute Gasteiger partial charge is 0.508 e. The lowest BCUT2D eigenvalue weighted by atomic mass is 10.2. The first-order valence-corrected chi connectivity index (χ1v) is 8.19. The Morgan fingerprint density at radius 2 is 1.92 bits per heavy atom. The summed E-state index contributed by atoms with van der Waals surface area (Å²) >= 11 is 1.28. The van der Waals surface area contributed by atoms with Gasteiger partial charge in [-0.2, -0.15) is 0 Å². The Morgan fingerprint density at radius 3 is 2.58 bits per heavy atom. The highest BCUT2D eigenvalue weighted by Crippen LogP contribution is 2.29. The van der Waals surface area contributed by atoms with E-state index < -0.39 is 0 Å². The highest BCUT2D eigenvalue weighted by atomic mass is 32.2. The summed E-state index contributed by atoms with van der Waals surface area (Å²) < 4.78 is 0. The van der Waals surface area contributed by atoms with Crippen LogP contribution in [0.1, 0.15) is 5.56 Å². The maximum Gasteiger partial charge on any atom is 0.264 e. The van der Waals surface area contributed by atoms with Gasteiger partial charge in [-0.3, -0.25) is 4.79 Å². The molecular formula is C18H17N3O2S. The summed E-state index contributed by atoms with van der Waals surface area (Å²) in [6, 6.07) is 14.5. The van der Waals surface area contributed by atoms with E-state index in [2.05, 4.69) is 10.3 Å². The molecule has 1 aliphatic heterocycles. The number of thioether (sulfide) groups is 1. The van der Waals surface area contributed by atoms with Crippen molar-refractivity contribution in [1.82, 2.24) is 5.32 Å². The third-order valence-electron chi connectivity index (χ3n) is 3.42. The molecule has 2 aromatic rings. The van der Waals surface area contributed by atoms with Gasteiger partial charge in [-0.15, -0.1) is 0 Å². The van der Waals surface area contributed by atoms with Gasteiger partial charge in [0, 0.05) is 25.8 Å². The maximum absolute atomic E-state index is 12.1. The van der Waals surface area contributed by atoms with Crippen LogP contribution in [0, 0.1) is 0 Å². The number of amidine groups is 1. The first-order chi connectivity index (χ1) is 11.5. The van der Waals surface area contributed by atoms with E-state index in [4.69, 9.17) is 0 Å². The van der Waals surface area contributed by atoms with Crippen molar-refractivity contribution >= 4 is 40.3 Å². The number of nitrogens with one attached hydrogen (secondary N) is 1. The molecule has 1 heterocycles. The topological polar surface area (TPSA) is 64.9 Å². The first-order valence-electron chi connectivity index (χ1n) is 7.37. The summed E-state index contributed by atoms with van der Waals surface area (Å²) in [5.74, 6) is -0.0292. The number of anilines is 1. The second kappa shape index (κ2) is 6.80. The van der Waals surface area contributed by atoms with Crippen molar-refractivity contribution in [3.8, 4) is 5.75 Å². The smallest absolute Gasteiger partial charge is 0.264 e. The molecule has 2 aromatic carbocycles. The van der Waals surface area contributed by atoms with E-state index in [9.17, 15) is 9.90 Å². The molecule has 0 bridgehead atoms. The highest BCUT2D eigenvalue weighted by Gasteiger charge is 2.23. The minimum atomic E-state index is -0.171. The number of benzene rings is 2. The molecule has 0 unspecified atom stereocenters. The predicted octanol–water partition coefficient (Wildman–Crippen LogP) is 3.35. The van der Waals surface area contributed by atoms with Crippen molar-refractivity contribution in [3.05, 3.63) is 59.0 Å². The number of hydrogen-bond donors (Lipinski definition) is 2. The average molecular weight is 339 g/mol.